The monoisotopic (exact) mass is 222 g/mol. The summed E-state index contributed by atoms with van der Waals surface area (Å²) in [6.45, 7) is 0.156. The Bertz CT molecular complexity index is 311. The van der Waals surface area contributed by atoms with Gasteiger partial charge in [0.25, 0.3) is 0 Å². The maximum atomic E-state index is 12.5. The van der Waals surface area contributed by atoms with E-state index in [2.05, 4.69) is 10.3 Å². The highest BCUT2D eigenvalue weighted by Gasteiger charge is 2.25. The van der Waals surface area contributed by atoms with Gasteiger partial charge in [-0.25, -0.2) is 4.98 Å². The third kappa shape index (κ3) is 5.19. The van der Waals surface area contributed by atoms with Crippen molar-refractivity contribution in [3.8, 4) is 0 Å². The molecule has 15 heavy (non-hydrogen) atoms. The lowest BCUT2D eigenvalue weighted by Gasteiger charge is -2.07. The highest BCUT2D eigenvalue weighted by atomic mass is 19.4. The number of nitrogens with zero attached hydrogens (tertiary/aromatic N) is 1. The highest BCUT2D eigenvalue weighted by Crippen LogP contribution is 2.21. The van der Waals surface area contributed by atoms with Gasteiger partial charge in [-0.3, -0.25) is 0 Å². The van der Waals surface area contributed by atoms with E-state index in [1.54, 1.807) is 0 Å². The predicted octanol–water partition coefficient (Wildman–Crippen LogP) is 2.98. The fourth-order valence-corrected chi connectivity index (χ4v) is 1.03. The molecule has 1 N–H and O–H groups in total. The molecule has 0 fully saturated rings. The molecule has 0 unspecified atom stereocenters. The molecule has 0 atom stereocenters. The third-order valence-electron chi connectivity index (χ3n) is 1.69. The minimum atomic E-state index is -4.13. The smallest absolute Gasteiger partial charge is 0.385 e. The first-order valence-electron chi connectivity index (χ1n) is 4.39. The molecule has 1 aromatic heterocycles. The molecule has 1 rings (SSSR count). The first kappa shape index (κ1) is 11.7. The van der Waals surface area contributed by atoms with Gasteiger partial charge in [0, 0.05) is 30.9 Å². The van der Waals surface area contributed by atoms with Gasteiger partial charge in [-0.15, -0.1) is 0 Å². The van der Waals surface area contributed by atoms with Gasteiger partial charge in [-0.1, -0.05) is 0 Å². The summed E-state index contributed by atoms with van der Waals surface area (Å²) in [6.07, 6.45) is -3.76. The van der Waals surface area contributed by atoms with Crippen LogP contribution in [0, 0.1) is 5.95 Å². The van der Waals surface area contributed by atoms with Crippen LogP contribution >= 0.6 is 0 Å². The molecule has 0 saturated heterocycles. The van der Waals surface area contributed by atoms with Crippen molar-refractivity contribution >= 4 is 5.69 Å². The molecule has 0 aliphatic carbocycles. The number of pyridine rings is 1. The summed E-state index contributed by atoms with van der Waals surface area (Å²) in [6, 6.07) is 2.63. The van der Waals surface area contributed by atoms with Crippen molar-refractivity contribution in [1.29, 1.82) is 0 Å². The molecule has 1 heterocycles. The van der Waals surface area contributed by atoms with Crippen LogP contribution in [0.4, 0.5) is 23.2 Å². The van der Waals surface area contributed by atoms with E-state index in [9.17, 15) is 17.6 Å². The summed E-state index contributed by atoms with van der Waals surface area (Å²) < 4.78 is 47.8. The first-order valence-corrected chi connectivity index (χ1v) is 4.39. The van der Waals surface area contributed by atoms with Crippen LogP contribution in [0.25, 0.3) is 0 Å². The van der Waals surface area contributed by atoms with Crippen molar-refractivity contribution in [2.75, 3.05) is 11.9 Å². The molecule has 0 aromatic carbocycles. The van der Waals surface area contributed by atoms with Crippen LogP contribution in [0.15, 0.2) is 18.3 Å². The molecule has 0 saturated carbocycles. The average molecular weight is 222 g/mol. The minimum Gasteiger partial charge on any atom is -0.385 e. The fraction of sp³-hybridized carbons (Fsp3) is 0.444. The highest BCUT2D eigenvalue weighted by molar-refractivity contribution is 5.40. The van der Waals surface area contributed by atoms with Crippen LogP contribution in [0.3, 0.4) is 0 Å². The topological polar surface area (TPSA) is 24.9 Å². The number of aromatic nitrogens is 1. The van der Waals surface area contributed by atoms with E-state index in [-0.39, 0.29) is 13.0 Å². The van der Waals surface area contributed by atoms with Gasteiger partial charge in [0.1, 0.15) is 0 Å². The molecule has 84 valence electrons. The lowest BCUT2D eigenvalue weighted by Crippen LogP contribution is -2.11. The minimum absolute atomic E-state index is 0.0343. The second-order valence-corrected chi connectivity index (χ2v) is 3.01. The molecular weight excluding hydrogens is 212 g/mol. The van der Waals surface area contributed by atoms with Gasteiger partial charge in [-0.2, -0.15) is 17.6 Å². The predicted molar refractivity (Wildman–Crippen MR) is 48.0 cm³/mol. The molecule has 2 nitrogen and oxygen atoms in total. The van der Waals surface area contributed by atoms with E-state index in [0.29, 0.717) is 5.69 Å². The summed E-state index contributed by atoms with van der Waals surface area (Å²) in [5, 5.41) is 2.68. The molecule has 0 amide bonds. The molecule has 0 radical (unpaired) electrons. The Balaban J connectivity index is 2.26. The molecular formula is C9H10F4N2. The first-order chi connectivity index (χ1) is 6.97. The van der Waals surface area contributed by atoms with Crippen molar-refractivity contribution in [3.05, 3.63) is 24.3 Å². The number of alkyl halides is 3. The molecule has 6 heteroatoms. The van der Waals surface area contributed by atoms with E-state index >= 15 is 0 Å². The van der Waals surface area contributed by atoms with Crippen LogP contribution in [0.5, 0.6) is 0 Å². The van der Waals surface area contributed by atoms with Crippen LogP contribution < -0.4 is 5.32 Å². The van der Waals surface area contributed by atoms with Gasteiger partial charge >= 0.3 is 6.18 Å². The van der Waals surface area contributed by atoms with Gasteiger partial charge in [0.2, 0.25) is 5.95 Å². The van der Waals surface area contributed by atoms with Gasteiger partial charge in [-0.05, 0) is 12.5 Å². The third-order valence-corrected chi connectivity index (χ3v) is 1.69. The lowest BCUT2D eigenvalue weighted by molar-refractivity contribution is -0.134. The molecule has 0 bridgehead atoms. The molecule has 0 aliphatic rings. The summed E-state index contributed by atoms with van der Waals surface area (Å²) in [5.41, 5.74) is 0.435. The Kier molecular flexibility index (Phi) is 3.88. The molecule has 0 aliphatic heterocycles. The average Bonchev–Trinajstić information content (AvgIpc) is 2.11. The van der Waals surface area contributed by atoms with E-state index in [1.165, 1.54) is 12.3 Å². The van der Waals surface area contributed by atoms with Crippen molar-refractivity contribution in [1.82, 2.24) is 4.98 Å². The quantitative estimate of drug-likeness (QED) is 0.481. The van der Waals surface area contributed by atoms with Gasteiger partial charge < -0.3 is 5.32 Å². The normalized spacial score (nSPS) is 11.5. The largest absolute Gasteiger partial charge is 0.389 e. The Morgan fingerprint density at radius 3 is 2.67 bits per heavy atom. The maximum Gasteiger partial charge on any atom is 0.389 e. The summed E-state index contributed by atoms with van der Waals surface area (Å²) in [4.78, 5) is 3.32. The second kappa shape index (κ2) is 4.95. The van der Waals surface area contributed by atoms with E-state index in [4.69, 9.17) is 0 Å². The van der Waals surface area contributed by atoms with E-state index < -0.39 is 18.5 Å². The Morgan fingerprint density at radius 1 is 1.33 bits per heavy atom. The van der Waals surface area contributed by atoms with Crippen molar-refractivity contribution < 1.29 is 17.6 Å². The maximum absolute atomic E-state index is 12.5. The number of nitrogens with one attached hydrogen (secondary N) is 1. The molecule has 1 aromatic rings. The standard InChI is InChI=1S/C9H10F4N2/c10-8-6-7(2-5-15-8)14-4-1-3-9(11,12)13/h2,5-6H,1,3-4H2,(H,14,15). The summed E-state index contributed by atoms with van der Waals surface area (Å²) in [5.74, 6) is -0.657. The van der Waals surface area contributed by atoms with Crippen LogP contribution in [0.1, 0.15) is 12.8 Å². The summed E-state index contributed by atoms with van der Waals surface area (Å²) >= 11 is 0. The van der Waals surface area contributed by atoms with Crippen molar-refractivity contribution in [3.63, 3.8) is 0 Å². The summed E-state index contributed by atoms with van der Waals surface area (Å²) in [7, 11) is 0. The molecule has 0 spiro atoms. The van der Waals surface area contributed by atoms with Crippen molar-refractivity contribution in [2.45, 2.75) is 19.0 Å². The second-order valence-electron chi connectivity index (χ2n) is 3.01. The van der Waals surface area contributed by atoms with E-state index in [0.717, 1.165) is 6.07 Å². The number of hydrogen-bond donors (Lipinski definition) is 1. The van der Waals surface area contributed by atoms with Crippen molar-refractivity contribution in [2.24, 2.45) is 0 Å². The van der Waals surface area contributed by atoms with Crippen LogP contribution in [-0.4, -0.2) is 17.7 Å². The zero-order chi connectivity index (χ0) is 11.3. The zero-order valence-corrected chi connectivity index (χ0v) is 7.81. The Labute approximate surface area is 84.3 Å². The number of halogens is 4. The number of hydrogen-bond acceptors (Lipinski definition) is 2. The number of rotatable bonds is 4. The zero-order valence-electron chi connectivity index (χ0n) is 7.81. The van der Waals surface area contributed by atoms with Crippen LogP contribution in [0.2, 0.25) is 0 Å². The Hall–Kier alpha value is -1.33. The van der Waals surface area contributed by atoms with Gasteiger partial charge in [0.05, 0.1) is 0 Å². The van der Waals surface area contributed by atoms with E-state index in [1.807, 2.05) is 0 Å². The van der Waals surface area contributed by atoms with Crippen LogP contribution in [-0.2, 0) is 0 Å². The SMILES string of the molecule is Fc1cc(NCCCC(F)(F)F)ccn1. The number of anilines is 1. The lowest BCUT2D eigenvalue weighted by atomic mass is 10.3. The van der Waals surface area contributed by atoms with Gasteiger partial charge in [0.15, 0.2) is 0 Å². The Morgan fingerprint density at radius 2 is 2.07 bits per heavy atom. The fourth-order valence-electron chi connectivity index (χ4n) is 1.03.